The maximum atomic E-state index is 13.0. The molecule has 25 heavy (non-hydrogen) atoms. The molecule has 0 bridgehead atoms. The predicted octanol–water partition coefficient (Wildman–Crippen LogP) is 2.04. The quantitative estimate of drug-likeness (QED) is 0.883. The summed E-state index contributed by atoms with van der Waals surface area (Å²) in [5.41, 5.74) is 0.178. The van der Waals surface area contributed by atoms with Crippen LogP contribution in [0.1, 0.15) is 43.5 Å². The van der Waals surface area contributed by atoms with Gasteiger partial charge in [0.25, 0.3) is 5.91 Å². The molecular formula is C20H29N3O2. The summed E-state index contributed by atoms with van der Waals surface area (Å²) in [5.74, 6) is 0.588. The maximum absolute atomic E-state index is 13.0. The summed E-state index contributed by atoms with van der Waals surface area (Å²) in [5, 5.41) is 6.59. The van der Waals surface area contributed by atoms with Crippen molar-refractivity contribution in [1.82, 2.24) is 15.5 Å². The standard InChI is InChI=1S/C20H29N3O2/c1-15-9-11-21-13-17(15)22-19(25)20(2)10-6-12-23(14-20)18(24)16-7-4-3-5-8-16/h3-5,7-8,15,17,21H,6,9-14H2,1-2H3,(H,22,25). The Morgan fingerprint density at radius 1 is 1.28 bits per heavy atom. The molecule has 2 amide bonds. The normalized spacial score (nSPS) is 29.9. The van der Waals surface area contributed by atoms with Crippen molar-refractivity contribution in [2.45, 2.75) is 39.2 Å². The Balaban J connectivity index is 1.66. The molecule has 5 nitrogen and oxygen atoms in total. The second-order valence-electron chi connectivity index (χ2n) is 7.81. The Kier molecular flexibility index (Phi) is 5.42. The third-order valence-electron chi connectivity index (χ3n) is 5.70. The topological polar surface area (TPSA) is 61.4 Å². The number of likely N-dealkylation sites (tertiary alicyclic amines) is 1. The van der Waals surface area contributed by atoms with Crippen molar-refractivity contribution in [3.8, 4) is 0 Å². The van der Waals surface area contributed by atoms with Crippen LogP contribution in [0.4, 0.5) is 0 Å². The van der Waals surface area contributed by atoms with Gasteiger partial charge in [-0.25, -0.2) is 0 Å². The van der Waals surface area contributed by atoms with Crippen LogP contribution in [0.2, 0.25) is 0 Å². The number of hydrogen-bond donors (Lipinski definition) is 2. The smallest absolute Gasteiger partial charge is 0.253 e. The number of carbonyl (C=O) groups is 2. The Morgan fingerprint density at radius 3 is 2.76 bits per heavy atom. The van der Waals surface area contributed by atoms with Crippen molar-refractivity contribution in [1.29, 1.82) is 0 Å². The maximum Gasteiger partial charge on any atom is 0.253 e. The van der Waals surface area contributed by atoms with Crippen LogP contribution in [0.25, 0.3) is 0 Å². The molecule has 0 aliphatic carbocycles. The second-order valence-corrected chi connectivity index (χ2v) is 7.81. The van der Waals surface area contributed by atoms with Crippen molar-refractivity contribution >= 4 is 11.8 Å². The lowest BCUT2D eigenvalue weighted by molar-refractivity contribution is -0.133. The number of benzene rings is 1. The van der Waals surface area contributed by atoms with E-state index in [-0.39, 0.29) is 17.9 Å². The van der Waals surface area contributed by atoms with Gasteiger partial charge in [-0.2, -0.15) is 0 Å². The number of nitrogens with one attached hydrogen (secondary N) is 2. The fourth-order valence-electron chi connectivity index (χ4n) is 3.89. The molecular weight excluding hydrogens is 314 g/mol. The molecule has 3 unspecified atom stereocenters. The van der Waals surface area contributed by atoms with Gasteiger partial charge in [-0.05, 0) is 50.8 Å². The van der Waals surface area contributed by atoms with Gasteiger partial charge in [-0.15, -0.1) is 0 Å². The van der Waals surface area contributed by atoms with Gasteiger partial charge in [0.2, 0.25) is 5.91 Å². The molecule has 2 heterocycles. The highest BCUT2D eigenvalue weighted by molar-refractivity contribution is 5.95. The van der Waals surface area contributed by atoms with Crippen molar-refractivity contribution in [3.05, 3.63) is 35.9 Å². The molecule has 2 fully saturated rings. The van der Waals surface area contributed by atoms with Crippen LogP contribution >= 0.6 is 0 Å². The zero-order chi connectivity index (χ0) is 17.9. The Morgan fingerprint density at radius 2 is 2.04 bits per heavy atom. The van der Waals surface area contributed by atoms with E-state index in [4.69, 9.17) is 0 Å². The van der Waals surface area contributed by atoms with Crippen LogP contribution in [0.15, 0.2) is 30.3 Å². The number of hydrogen-bond acceptors (Lipinski definition) is 3. The van der Waals surface area contributed by atoms with Crippen molar-refractivity contribution < 1.29 is 9.59 Å². The molecule has 1 aromatic carbocycles. The molecule has 3 atom stereocenters. The second kappa shape index (κ2) is 7.56. The number of amides is 2. The van der Waals surface area contributed by atoms with Crippen molar-refractivity contribution in [2.24, 2.45) is 11.3 Å². The van der Waals surface area contributed by atoms with Gasteiger partial charge in [-0.3, -0.25) is 9.59 Å². The Bertz CT molecular complexity index is 619. The fraction of sp³-hybridized carbons (Fsp3) is 0.600. The molecule has 0 spiro atoms. The Hall–Kier alpha value is -1.88. The molecule has 0 aromatic heterocycles. The van der Waals surface area contributed by atoms with E-state index in [2.05, 4.69) is 17.6 Å². The van der Waals surface area contributed by atoms with Crippen LogP contribution in [0.3, 0.4) is 0 Å². The van der Waals surface area contributed by atoms with Crippen LogP contribution in [-0.2, 0) is 4.79 Å². The highest BCUT2D eigenvalue weighted by atomic mass is 16.2. The molecule has 2 N–H and O–H groups in total. The molecule has 0 radical (unpaired) electrons. The highest BCUT2D eigenvalue weighted by Crippen LogP contribution is 2.31. The number of nitrogens with zero attached hydrogens (tertiary/aromatic N) is 1. The highest BCUT2D eigenvalue weighted by Gasteiger charge is 2.40. The molecule has 3 rings (SSSR count). The first-order valence-electron chi connectivity index (χ1n) is 9.36. The average molecular weight is 343 g/mol. The first-order chi connectivity index (χ1) is 12.0. The third kappa shape index (κ3) is 4.03. The summed E-state index contributed by atoms with van der Waals surface area (Å²) in [6, 6.07) is 9.51. The third-order valence-corrected chi connectivity index (χ3v) is 5.70. The predicted molar refractivity (Wildman–Crippen MR) is 98.3 cm³/mol. The van der Waals surface area contributed by atoms with Crippen molar-refractivity contribution in [3.63, 3.8) is 0 Å². The lowest BCUT2D eigenvalue weighted by Crippen LogP contribution is -2.57. The van der Waals surface area contributed by atoms with E-state index in [0.29, 0.717) is 18.0 Å². The van der Waals surface area contributed by atoms with Gasteiger partial charge < -0.3 is 15.5 Å². The average Bonchev–Trinajstić information content (AvgIpc) is 2.63. The largest absolute Gasteiger partial charge is 0.351 e. The number of carbonyl (C=O) groups excluding carboxylic acids is 2. The summed E-state index contributed by atoms with van der Waals surface area (Å²) in [4.78, 5) is 27.5. The summed E-state index contributed by atoms with van der Waals surface area (Å²) in [6.07, 6.45) is 2.77. The van der Waals surface area contributed by atoms with Gasteiger partial charge in [0, 0.05) is 31.2 Å². The first kappa shape index (κ1) is 17.9. The van der Waals surface area contributed by atoms with E-state index in [1.54, 1.807) is 0 Å². The minimum atomic E-state index is -0.514. The molecule has 5 heteroatoms. The van der Waals surface area contributed by atoms with E-state index < -0.39 is 5.41 Å². The molecule has 1 aromatic rings. The molecule has 2 saturated heterocycles. The lowest BCUT2D eigenvalue weighted by Gasteiger charge is -2.41. The van der Waals surface area contributed by atoms with E-state index >= 15 is 0 Å². The van der Waals surface area contributed by atoms with E-state index in [1.165, 1.54) is 0 Å². The summed E-state index contributed by atoms with van der Waals surface area (Å²) >= 11 is 0. The van der Waals surface area contributed by atoms with Crippen LogP contribution in [-0.4, -0.2) is 48.9 Å². The van der Waals surface area contributed by atoms with Crippen LogP contribution in [0, 0.1) is 11.3 Å². The Labute approximate surface area is 150 Å². The molecule has 2 aliphatic rings. The van der Waals surface area contributed by atoms with Gasteiger partial charge in [0.15, 0.2) is 0 Å². The van der Waals surface area contributed by atoms with E-state index in [1.807, 2.05) is 42.2 Å². The summed E-state index contributed by atoms with van der Waals surface area (Å²) in [7, 11) is 0. The molecule has 0 saturated carbocycles. The van der Waals surface area contributed by atoms with Gasteiger partial charge in [-0.1, -0.05) is 25.1 Å². The van der Waals surface area contributed by atoms with Crippen molar-refractivity contribution in [2.75, 3.05) is 26.2 Å². The SMILES string of the molecule is CC1CCNCC1NC(=O)C1(C)CCCN(C(=O)c2ccccc2)C1. The van der Waals surface area contributed by atoms with Gasteiger partial charge in [0.05, 0.1) is 5.41 Å². The van der Waals surface area contributed by atoms with Gasteiger partial charge in [0.1, 0.15) is 0 Å². The molecule has 2 aliphatic heterocycles. The van der Waals surface area contributed by atoms with Gasteiger partial charge >= 0.3 is 0 Å². The molecule has 136 valence electrons. The summed E-state index contributed by atoms with van der Waals surface area (Å²) in [6.45, 7) is 7.24. The minimum Gasteiger partial charge on any atom is -0.351 e. The van der Waals surface area contributed by atoms with E-state index in [9.17, 15) is 9.59 Å². The number of rotatable bonds is 3. The lowest BCUT2D eigenvalue weighted by atomic mass is 9.80. The summed E-state index contributed by atoms with van der Waals surface area (Å²) < 4.78 is 0. The first-order valence-corrected chi connectivity index (χ1v) is 9.36. The number of piperidine rings is 2. The van der Waals surface area contributed by atoms with Crippen LogP contribution in [0.5, 0.6) is 0 Å². The van der Waals surface area contributed by atoms with Crippen LogP contribution < -0.4 is 10.6 Å². The monoisotopic (exact) mass is 343 g/mol. The zero-order valence-electron chi connectivity index (χ0n) is 15.3. The fourth-order valence-corrected chi connectivity index (χ4v) is 3.89. The zero-order valence-corrected chi connectivity index (χ0v) is 15.3. The van der Waals surface area contributed by atoms with E-state index in [0.717, 1.165) is 38.9 Å². The minimum absolute atomic E-state index is 0.0204.